The Hall–Kier alpha value is -3.83. The van der Waals surface area contributed by atoms with Gasteiger partial charge in [0.2, 0.25) is 0 Å². The molecular formula is C24H26N2O6. The lowest BCUT2D eigenvalue weighted by atomic mass is 9.92. The predicted molar refractivity (Wildman–Crippen MR) is 118 cm³/mol. The maximum Gasteiger partial charge on any atom is 0.412 e. The van der Waals surface area contributed by atoms with Crippen molar-refractivity contribution in [3.63, 3.8) is 0 Å². The Kier molecular flexibility index (Phi) is 9.75. The van der Waals surface area contributed by atoms with E-state index in [-0.39, 0.29) is 19.1 Å². The molecule has 3 N–H and O–H groups in total. The molecule has 2 atom stereocenters. The fourth-order valence-electron chi connectivity index (χ4n) is 3.07. The third-order valence-corrected chi connectivity index (χ3v) is 4.63. The van der Waals surface area contributed by atoms with Gasteiger partial charge in [-0.25, -0.2) is 9.59 Å². The van der Waals surface area contributed by atoms with Crippen LogP contribution in [-0.4, -0.2) is 35.5 Å². The van der Waals surface area contributed by atoms with E-state index in [0.29, 0.717) is 35.4 Å². The van der Waals surface area contributed by atoms with Crippen LogP contribution < -0.4 is 10.1 Å². The van der Waals surface area contributed by atoms with Crippen LogP contribution >= 0.6 is 0 Å². The summed E-state index contributed by atoms with van der Waals surface area (Å²) < 4.78 is 11.4. The zero-order valence-corrected chi connectivity index (χ0v) is 17.7. The molecule has 2 rings (SSSR count). The lowest BCUT2D eigenvalue weighted by Crippen LogP contribution is -2.22. The zero-order valence-electron chi connectivity index (χ0n) is 17.7. The predicted octanol–water partition coefficient (Wildman–Crippen LogP) is 4.28. The Morgan fingerprint density at radius 1 is 1.19 bits per heavy atom. The van der Waals surface area contributed by atoms with E-state index < -0.39 is 18.2 Å². The van der Waals surface area contributed by atoms with E-state index in [1.54, 1.807) is 54.6 Å². The summed E-state index contributed by atoms with van der Waals surface area (Å²) in [5, 5.41) is 29.4. The third kappa shape index (κ3) is 7.78. The fourth-order valence-corrected chi connectivity index (χ4v) is 3.07. The number of benzene rings is 2. The SMILES string of the molecule is C[C@@H](CC/C=C/C(=O)O)[C@@H](OC(=O)Nc1ccc(C#N)cc1)c1ccccc1OCCO. The minimum absolute atomic E-state index is 0.0941. The van der Waals surface area contributed by atoms with Crippen molar-refractivity contribution >= 4 is 17.7 Å². The molecule has 0 unspecified atom stereocenters. The molecule has 0 saturated carbocycles. The van der Waals surface area contributed by atoms with Gasteiger partial charge in [-0.15, -0.1) is 0 Å². The molecule has 0 saturated heterocycles. The summed E-state index contributed by atoms with van der Waals surface area (Å²) in [6.07, 6.45) is 2.34. The second-order valence-corrected chi connectivity index (χ2v) is 7.05. The van der Waals surface area contributed by atoms with Gasteiger partial charge in [0.25, 0.3) is 0 Å². The number of anilines is 1. The highest BCUT2D eigenvalue weighted by Crippen LogP contribution is 2.35. The number of carboxylic acids is 1. The van der Waals surface area contributed by atoms with Gasteiger partial charge in [0.1, 0.15) is 18.5 Å². The highest BCUT2D eigenvalue weighted by molar-refractivity contribution is 5.84. The molecule has 0 aliphatic rings. The van der Waals surface area contributed by atoms with Gasteiger partial charge in [-0.05, 0) is 49.1 Å². The summed E-state index contributed by atoms with van der Waals surface area (Å²) >= 11 is 0. The number of hydrogen-bond acceptors (Lipinski definition) is 6. The third-order valence-electron chi connectivity index (χ3n) is 4.63. The van der Waals surface area contributed by atoms with E-state index in [1.165, 1.54) is 0 Å². The van der Waals surface area contributed by atoms with Crippen LogP contribution in [0.25, 0.3) is 0 Å². The van der Waals surface area contributed by atoms with Crippen LogP contribution in [0.4, 0.5) is 10.5 Å². The molecule has 0 aliphatic heterocycles. The topological polar surface area (TPSA) is 129 Å². The van der Waals surface area contributed by atoms with Crippen molar-refractivity contribution in [2.45, 2.75) is 25.9 Å². The Labute approximate surface area is 186 Å². The highest BCUT2D eigenvalue weighted by Gasteiger charge is 2.26. The molecule has 0 aliphatic carbocycles. The molecule has 0 spiro atoms. The number of nitriles is 1. The number of carbonyl (C=O) groups is 2. The van der Waals surface area contributed by atoms with Gasteiger partial charge in [-0.1, -0.05) is 31.2 Å². The van der Waals surface area contributed by atoms with Crippen molar-refractivity contribution in [2.75, 3.05) is 18.5 Å². The Bertz CT molecular complexity index is 965. The molecule has 0 aromatic heterocycles. The maximum atomic E-state index is 12.6. The normalized spacial score (nSPS) is 12.5. The summed E-state index contributed by atoms with van der Waals surface area (Å²) in [6, 6.07) is 15.5. The average molecular weight is 438 g/mol. The van der Waals surface area contributed by atoms with E-state index in [4.69, 9.17) is 24.9 Å². The fraction of sp³-hybridized carbons (Fsp3) is 0.292. The number of aliphatic hydroxyl groups is 1. The number of carboxylic acid groups (broad SMARTS) is 1. The first-order valence-corrected chi connectivity index (χ1v) is 10.1. The molecule has 1 amide bonds. The summed E-state index contributed by atoms with van der Waals surface area (Å²) in [6.45, 7) is 1.84. The molecule has 0 radical (unpaired) electrons. The second-order valence-electron chi connectivity index (χ2n) is 7.05. The van der Waals surface area contributed by atoms with Gasteiger partial charge in [0.15, 0.2) is 0 Å². The first kappa shape index (κ1) is 24.4. The average Bonchev–Trinajstić information content (AvgIpc) is 2.79. The standard InChI is InChI=1S/C24H26N2O6/c1-17(6-2-5-9-22(28)29)23(20-7-3-4-8-21(20)31-15-14-27)32-24(30)26-19-12-10-18(16-25)11-13-19/h3-5,7-13,17,23,27H,2,6,14-15H2,1H3,(H,26,30)(H,28,29)/b9-5+/t17-,23+/m0/s1. The van der Waals surface area contributed by atoms with E-state index in [0.717, 1.165) is 6.08 Å². The first-order valence-electron chi connectivity index (χ1n) is 10.1. The van der Waals surface area contributed by atoms with Crippen molar-refractivity contribution in [3.8, 4) is 11.8 Å². The molecular weight excluding hydrogens is 412 g/mol. The van der Waals surface area contributed by atoms with Gasteiger partial charge in [-0.3, -0.25) is 5.32 Å². The van der Waals surface area contributed by atoms with Crippen molar-refractivity contribution in [1.82, 2.24) is 0 Å². The molecule has 0 heterocycles. The van der Waals surface area contributed by atoms with Crippen LogP contribution in [0.2, 0.25) is 0 Å². The largest absolute Gasteiger partial charge is 0.491 e. The van der Waals surface area contributed by atoms with E-state index in [9.17, 15) is 9.59 Å². The second kappa shape index (κ2) is 12.8. The van der Waals surface area contributed by atoms with Crippen LogP contribution in [-0.2, 0) is 9.53 Å². The summed E-state index contributed by atoms with van der Waals surface area (Å²) in [7, 11) is 0. The quantitative estimate of drug-likeness (QED) is 0.447. The van der Waals surface area contributed by atoms with Crippen LogP contribution in [0.1, 0.15) is 37.0 Å². The highest BCUT2D eigenvalue weighted by atomic mass is 16.6. The van der Waals surface area contributed by atoms with Crippen LogP contribution in [0.5, 0.6) is 5.75 Å². The number of hydrogen-bond donors (Lipinski definition) is 3. The number of rotatable bonds is 11. The van der Waals surface area contributed by atoms with Crippen molar-refractivity contribution in [3.05, 3.63) is 71.8 Å². The minimum Gasteiger partial charge on any atom is -0.491 e. The molecule has 168 valence electrons. The smallest absolute Gasteiger partial charge is 0.412 e. The van der Waals surface area contributed by atoms with Crippen molar-refractivity contribution in [1.29, 1.82) is 5.26 Å². The van der Waals surface area contributed by atoms with E-state index >= 15 is 0 Å². The number of amides is 1. The monoisotopic (exact) mass is 438 g/mol. The summed E-state index contributed by atoms with van der Waals surface area (Å²) in [4.78, 5) is 23.3. The maximum absolute atomic E-state index is 12.6. The number of aliphatic hydroxyl groups excluding tert-OH is 1. The molecule has 8 heteroatoms. The van der Waals surface area contributed by atoms with Gasteiger partial charge in [-0.2, -0.15) is 5.26 Å². The lowest BCUT2D eigenvalue weighted by molar-refractivity contribution is -0.131. The van der Waals surface area contributed by atoms with Crippen LogP contribution in [0.3, 0.4) is 0 Å². The number of para-hydroxylation sites is 1. The number of allylic oxidation sites excluding steroid dienone is 1. The van der Waals surface area contributed by atoms with Crippen molar-refractivity contribution in [2.24, 2.45) is 5.92 Å². The summed E-state index contributed by atoms with van der Waals surface area (Å²) in [5.41, 5.74) is 1.60. The molecule has 0 fully saturated rings. The minimum atomic E-state index is -1.02. The molecule has 32 heavy (non-hydrogen) atoms. The molecule has 0 bridgehead atoms. The first-order chi connectivity index (χ1) is 15.4. The van der Waals surface area contributed by atoms with Gasteiger partial charge in [0, 0.05) is 17.3 Å². The Morgan fingerprint density at radius 2 is 1.91 bits per heavy atom. The number of ether oxygens (including phenoxy) is 2. The Morgan fingerprint density at radius 3 is 2.56 bits per heavy atom. The molecule has 2 aromatic carbocycles. The number of nitrogens with one attached hydrogen (secondary N) is 1. The Balaban J connectivity index is 2.20. The van der Waals surface area contributed by atoms with Gasteiger partial charge < -0.3 is 19.7 Å². The number of carbonyl (C=O) groups excluding carboxylic acids is 1. The van der Waals surface area contributed by atoms with E-state index in [2.05, 4.69) is 5.32 Å². The van der Waals surface area contributed by atoms with Gasteiger partial charge in [0.05, 0.1) is 18.2 Å². The lowest BCUT2D eigenvalue weighted by Gasteiger charge is -2.26. The zero-order chi connectivity index (χ0) is 23.3. The molecule has 8 nitrogen and oxygen atoms in total. The summed E-state index contributed by atoms with van der Waals surface area (Å²) in [5.74, 6) is -0.695. The number of nitrogens with zero attached hydrogens (tertiary/aromatic N) is 1. The van der Waals surface area contributed by atoms with Crippen LogP contribution in [0, 0.1) is 17.2 Å². The van der Waals surface area contributed by atoms with Gasteiger partial charge >= 0.3 is 12.1 Å². The number of aliphatic carboxylic acids is 1. The van der Waals surface area contributed by atoms with Crippen LogP contribution in [0.15, 0.2) is 60.7 Å². The van der Waals surface area contributed by atoms with Crippen molar-refractivity contribution < 1.29 is 29.3 Å². The molecule has 2 aromatic rings. The van der Waals surface area contributed by atoms with E-state index in [1.807, 2.05) is 13.0 Å².